The van der Waals surface area contributed by atoms with Gasteiger partial charge in [0.1, 0.15) is 0 Å². The van der Waals surface area contributed by atoms with Crippen LogP contribution in [-0.2, 0) is 15.2 Å². The number of benzene rings is 1. The lowest BCUT2D eigenvalue weighted by molar-refractivity contribution is 0.583. The average Bonchev–Trinajstić information content (AvgIpc) is 2.43. The Bertz CT molecular complexity index is 469. The fourth-order valence-electron chi connectivity index (χ4n) is 2.01. The van der Waals surface area contributed by atoms with Crippen molar-refractivity contribution in [2.75, 3.05) is 5.75 Å². The first-order valence-corrected chi connectivity index (χ1v) is 9.75. The van der Waals surface area contributed by atoms with Crippen molar-refractivity contribution < 1.29 is 8.42 Å². The Morgan fingerprint density at radius 2 is 1.74 bits per heavy atom. The summed E-state index contributed by atoms with van der Waals surface area (Å²) in [6.07, 6.45) is 6.61. The molecule has 0 radical (unpaired) electrons. The minimum atomic E-state index is -3.11. The monoisotopic (exact) mass is 346 g/mol. The number of sulfone groups is 1. The topological polar surface area (TPSA) is 34.1 Å². The number of rotatable bonds is 9. The lowest BCUT2D eigenvalue weighted by atomic mass is 10.1. The van der Waals surface area contributed by atoms with Crippen LogP contribution < -0.4 is 0 Å². The molecule has 1 rings (SSSR count). The van der Waals surface area contributed by atoms with Crippen molar-refractivity contribution in [3.05, 3.63) is 29.8 Å². The van der Waals surface area contributed by atoms with Crippen LogP contribution >= 0.6 is 15.9 Å². The van der Waals surface area contributed by atoms with Gasteiger partial charge in [-0.25, -0.2) is 8.42 Å². The Labute approximate surface area is 125 Å². The molecule has 0 aliphatic heterocycles. The first-order valence-electron chi connectivity index (χ1n) is 6.98. The predicted octanol–water partition coefficient (Wildman–Crippen LogP) is 4.72. The summed E-state index contributed by atoms with van der Waals surface area (Å²) in [6, 6.07) is 7.20. The summed E-state index contributed by atoms with van der Waals surface area (Å²) in [5.74, 6) is 0.269. The zero-order valence-electron chi connectivity index (χ0n) is 11.6. The van der Waals surface area contributed by atoms with Gasteiger partial charge in [0.25, 0.3) is 0 Å². The van der Waals surface area contributed by atoms with Gasteiger partial charge in [0, 0.05) is 5.33 Å². The van der Waals surface area contributed by atoms with Crippen LogP contribution in [0.3, 0.4) is 0 Å². The highest BCUT2D eigenvalue weighted by atomic mass is 79.9. The number of alkyl halides is 1. The Balaban J connectivity index is 2.46. The minimum Gasteiger partial charge on any atom is -0.224 e. The van der Waals surface area contributed by atoms with E-state index in [9.17, 15) is 8.42 Å². The lowest BCUT2D eigenvalue weighted by Gasteiger charge is -2.06. The molecule has 0 unspecified atom stereocenters. The third-order valence-corrected chi connectivity index (χ3v) is 5.62. The van der Waals surface area contributed by atoms with Crippen LogP contribution in [0.2, 0.25) is 0 Å². The van der Waals surface area contributed by atoms with Crippen molar-refractivity contribution >= 4 is 25.8 Å². The Morgan fingerprint density at radius 1 is 1.05 bits per heavy atom. The molecule has 0 heterocycles. The van der Waals surface area contributed by atoms with Crippen LogP contribution in [0.5, 0.6) is 0 Å². The van der Waals surface area contributed by atoms with E-state index < -0.39 is 9.84 Å². The molecule has 19 heavy (non-hydrogen) atoms. The molecule has 0 saturated heterocycles. The van der Waals surface area contributed by atoms with Crippen molar-refractivity contribution in [3.63, 3.8) is 0 Å². The Hall–Kier alpha value is -0.350. The second kappa shape index (κ2) is 8.75. The van der Waals surface area contributed by atoms with E-state index >= 15 is 0 Å². The van der Waals surface area contributed by atoms with Crippen molar-refractivity contribution in [1.82, 2.24) is 0 Å². The summed E-state index contributed by atoms with van der Waals surface area (Å²) >= 11 is 3.35. The summed E-state index contributed by atoms with van der Waals surface area (Å²) in [6.45, 7) is 2.18. The van der Waals surface area contributed by atoms with Gasteiger partial charge in [0.05, 0.1) is 10.6 Å². The van der Waals surface area contributed by atoms with Gasteiger partial charge in [-0.3, -0.25) is 0 Å². The van der Waals surface area contributed by atoms with Crippen LogP contribution in [0.4, 0.5) is 0 Å². The summed E-state index contributed by atoms with van der Waals surface area (Å²) in [7, 11) is -3.11. The Morgan fingerprint density at radius 3 is 2.42 bits per heavy atom. The molecule has 1 aromatic rings. The highest BCUT2D eigenvalue weighted by molar-refractivity contribution is 9.08. The van der Waals surface area contributed by atoms with Crippen LogP contribution in [0.15, 0.2) is 29.2 Å². The van der Waals surface area contributed by atoms with Gasteiger partial charge in [-0.2, -0.15) is 0 Å². The zero-order chi connectivity index (χ0) is 14.1. The van der Waals surface area contributed by atoms with Gasteiger partial charge in [0.15, 0.2) is 9.84 Å². The molecule has 4 heteroatoms. The van der Waals surface area contributed by atoms with Gasteiger partial charge in [-0.1, -0.05) is 67.1 Å². The maximum Gasteiger partial charge on any atom is 0.178 e. The molecule has 0 spiro atoms. The standard InChI is InChI=1S/C15H23BrO2S/c1-2-3-4-5-6-7-11-19(17,18)15-10-8-9-14(12-15)13-16/h8-10,12H,2-7,11,13H2,1H3. The third-order valence-electron chi connectivity index (χ3n) is 3.18. The molecule has 1 aromatic carbocycles. The molecule has 0 aliphatic carbocycles. The van der Waals surface area contributed by atoms with Gasteiger partial charge < -0.3 is 0 Å². The van der Waals surface area contributed by atoms with E-state index in [1.807, 2.05) is 12.1 Å². The van der Waals surface area contributed by atoms with Crippen molar-refractivity contribution in [2.45, 2.75) is 55.7 Å². The second-order valence-corrected chi connectivity index (χ2v) is 7.54. The van der Waals surface area contributed by atoms with Crippen LogP contribution in [-0.4, -0.2) is 14.2 Å². The average molecular weight is 347 g/mol. The van der Waals surface area contributed by atoms with E-state index in [-0.39, 0.29) is 5.75 Å². The molecular weight excluding hydrogens is 324 g/mol. The second-order valence-electron chi connectivity index (χ2n) is 4.87. The summed E-state index contributed by atoms with van der Waals surface area (Å²) in [5.41, 5.74) is 1.00. The maximum absolute atomic E-state index is 12.2. The first-order chi connectivity index (χ1) is 9.10. The number of unbranched alkanes of at least 4 members (excludes halogenated alkanes) is 5. The molecule has 0 atom stereocenters. The molecule has 108 valence electrons. The molecule has 0 aliphatic rings. The normalized spacial score (nSPS) is 11.7. The van der Waals surface area contributed by atoms with Crippen LogP contribution in [0.1, 0.15) is 51.0 Å². The highest BCUT2D eigenvalue weighted by Crippen LogP contribution is 2.17. The number of hydrogen-bond donors (Lipinski definition) is 0. The van der Waals surface area contributed by atoms with Crippen LogP contribution in [0, 0.1) is 0 Å². The van der Waals surface area contributed by atoms with E-state index in [2.05, 4.69) is 22.9 Å². The quantitative estimate of drug-likeness (QED) is 0.479. The van der Waals surface area contributed by atoms with Gasteiger partial charge in [-0.15, -0.1) is 0 Å². The van der Waals surface area contributed by atoms with E-state index in [1.54, 1.807) is 12.1 Å². The molecule has 2 nitrogen and oxygen atoms in total. The van der Waals surface area contributed by atoms with E-state index in [4.69, 9.17) is 0 Å². The molecule has 0 saturated carbocycles. The van der Waals surface area contributed by atoms with E-state index in [0.29, 0.717) is 10.2 Å². The largest absolute Gasteiger partial charge is 0.224 e. The SMILES string of the molecule is CCCCCCCCS(=O)(=O)c1cccc(CBr)c1. The lowest BCUT2D eigenvalue weighted by Crippen LogP contribution is -2.07. The van der Waals surface area contributed by atoms with Gasteiger partial charge in [0.2, 0.25) is 0 Å². The summed E-state index contributed by atoms with van der Waals surface area (Å²) in [4.78, 5) is 0.456. The Kier molecular flexibility index (Phi) is 7.69. The third kappa shape index (κ3) is 6.09. The summed E-state index contributed by atoms with van der Waals surface area (Å²) in [5, 5.41) is 0.688. The van der Waals surface area contributed by atoms with Crippen molar-refractivity contribution in [3.8, 4) is 0 Å². The smallest absolute Gasteiger partial charge is 0.178 e. The first kappa shape index (κ1) is 16.7. The molecule has 0 aromatic heterocycles. The molecule has 0 fully saturated rings. The predicted molar refractivity (Wildman–Crippen MR) is 84.5 cm³/mol. The number of hydrogen-bond acceptors (Lipinski definition) is 2. The molecular formula is C15H23BrO2S. The van der Waals surface area contributed by atoms with Crippen molar-refractivity contribution in [2.24, 2.45) is 0 Å². The van der Waals surface area contributed by atoms with E-state index in [0.717, 1.165) is 24.8 Å². The highest BCUT2D eigenvalue weighted by Gasteiger charge is 2.13. The van der Waals surface area contributed by atoms with Gasteiger partial charge in [-0.05, 0) is 24.1 Å². The minimum absolute atomic E-state index is 0.269. The maximum atomic E-state index is 12.2. The van der Waals surface area contributed by atoms with E-state index in [1.165, 1.54) is 19.3 Å². The fraction of sp³-hybridized carbons (Fsp3) is 0.600. The molecule has 0 amide bonds. The molecule has 0 N–H and O–H groups in total. The summed E-state index contributed by atoms with van der Waals surface area (Å²) < 4.78 is 24.3. The fourth-order valence-corrected chi connectivity index (χ4v) is 3.80. The van der Waals surface area contributed by atoms with Gasteiger partial charge >= 0.3 is 0 Å². The van der Waals surface area contributed by atoms with Crippen LogP contribution in [0.25, 0.3) is 0 Å². The molecule has 0 bridgehead atoms. The number of halogens is 1. The zero-order valence-corrected chi connectivity index (χ0v) is 14.0. The van der Waals surface area contributed by atoms with Crippen molar-refractivity contribution in [1.29, 1.82) is 0 Å².